The van der Waals surface area contributed by atoms with Crippen LogP contribution in [0.15, 0.2) is 45.7 Å². The molecule has 0 radical (unpaired) electrons. The average molecular weight is 412 g/mol. The summed E-state index contributed by atoms with van der Waals surface area (Å²) in [4.78, 5) is 17.9. The van der Waals surface area contributed by atoms with E-state index in [4.69, 9.17) is 4.84 Å². The summed E-state index contributed by atoms with van der Waals surface area (Å²) in [6, 6.07) is 6.69. The molecular weight excluding hydrogens is 382 g/mol. The van der Waals surface area contributed by atoms with E-state index in [-0.39, 0.29) is 0 Å². The molecule has 7 heteroatoms. The van der Waals surface area contributed by atoms with Gasteiger partial charge in [0.05, 0.1) is 11.4 Å². The van der Waals surface area contributed by atoms with E-state index in [2.05, 4.69) is 50.5 Å². The van der Waals surface area contributed by atoms with Gasteiger partial charge in [-0.25, -0.2) is 9.97 Å². The summed E-state index contributed by atoms with van der Waals surface area (Å²) >= 11 is 1.68. The summed E-state index contributed by atoms with van der Waals surface area (Å²) in [5.74, 6) is 1.41. The van der Waals surface area contributed by atoms with Crippen molar-refractivity contribution in [2.24, 2.45) is 11.1 Å². The Morgan fingerprint density at radius 1 is 1.24 bits per heavy atom. The number of nitrogens with one attached hydrogen (secondary N) is 1. The van der Waals surface area contributed by atoms with Crippen molar-refractivity contribution in [3.8, 4) is 0 Å². The lowest BCUT2D eigenvalue weighted by Gasteiger charge is -2.32. The Morgan fingerprint density at radius 3 is 2.86 bits per heavy atom. The summed E-state index contributed by atoms with van der Waals surface area (Å²) in [5.41, 5.74) is 3.72. The van der Waals surface area contributed by atoms with Gasteiger partial charge in [0.2, 0.25) is 0 Å². The smallest absolute Gasteiger partial charge is 0.163 e. The van der Waals surface area contributed by atoms with Crippen LogP contribution < -0.4 is 5.32 Å². The van der Waals surface area contributed by atoms with Crippen molar-refractivity contribution < 1.29 is 4.84 Å². The Balaban J connectivity index is 1.36. The number of piperidine rings is 1. The molecule has 2 aliphatic heterocycles. The highest BCUT2D eigenvalue weighted by Gasteiger charge is 2.24. The van der Waals surface area contributed by atoms with E-state index in [9.17, 15) is 0 Å². The zero-order valence-electron chi connectivity index (χ0n) is 17.2. The number of fused-ring (bicyclic) bond motifs is 2. The molecule has 1 aromatic heterocycles. The van der Waals surface area contributed by atoms with Crippen LogP contribution in [0.5, 0.6) is 0 Å². The number of nitrogens with zero attached hydrogens (tertiary/aromatic N) is 4. The quantitative estimate of drug-likeness (QED) is 0.432. The molecule has 1 fully saturated rings. The van der Waals surface area contributed by atoms with Crippen molar-refractivity contribution in [3.05, 3.63) is 36.2 Å². The van der Waals surface area contributed by atoms with E-state index in [1.54, 1.807) is 24.2 Å². The van der Waals surface area contributed by atoms with Crippen molar-refractivity contribution >= 4 is 29.0 Å². The van der Waals surface area contributed by atoms with E-state index in [1.807, 2.05) is 6.92 Å². The molecule has 29 heavy (non-hydrogen) atoms. The summed E-state index contributed by atoms with van der Waals surface area (Å²) < 4.78 is 0. The predicted molar refractivity (Wildman–Crippen MR) is 118 cm³/mol. The van der Waals surface area contributed by atoms with Crippen molar-refractivity contribution in [1.29, 1.82) is 0 Å². The van der Waals surface area contributed by atoms with Crippen LogP contribution >= 0.6 is 11.8 Å². The lowest BCUT2D eigenvalue weighted by atomic mass is 9.89. The number of rotatable bonds is 7. The highest BCUT2D eigenvalue weighted by atomic mass is 32.2. The number of aromatic nitrogens is 2. The molecule has 1 N–H and O–H groups in total. The molecule has 1 aromatic carbocycles. The molecule has 0 saturated carbocycles. The highest BCUT2D eigenvalue weighted by Crippen LogP contribution is 2.42. The first-order valence-corrected chi connectivity index (χ1v) is 11.4. The minimum atomic E-state index is 0.564. The maximum atomic E-state index is 5.36. The topological polar surface area (TPSA) is 62.6 Å². The molecule has 3 heterocycles. The van der Waals surface area contributed by atoms with E-state index in [0.717, 1.165) is 61.8 Å². The average Bonchev–Trinajstić information content (AvgIpc) is 2.76. The summed E-state index contributed by atoms with van der Waals surface area (Å²) in [5, 5.41) is 8.78. The Bertz CT molecular complexity index is 864. The van der Waals surface area contributed by atoms with Crippen LogP contribution in [0, 0.1) is 5.92 Å². The number of likely N-dealkylation sites (tertiary alicyclic amines) is 1. The predicted octanol–water partition coefficient (Wildman–Crippen LogP) is 5.09. The van der Waals surface area contributed by atoms with E-state index in [0.29, 0.717) is 12.5 Å². The molecule has 0 bridgehead atoms. The Hall–Kier alpha value is -2.12. The minimum Gasteiger partial charge on any atom is -0.396 e. The maximum Gasteiger partial charge on any atom is 0.163 e. The van der Waals surface area contributed by atoms with Crippen molar-refractivity contribution in [2.75, 3.05) is 25.0 Å². The van der Waals surface area contributed by atoms with Gasteiger partial charge < -0.3 is 10.2 Å². The van der Waals surface area contributed by atoms with Gasteiger partial charge in [-0.15, -0.1) is 0 Å². The summed E-state index contributed by atoms with van der Waals surface area (Å²) in [6.07, 6.45) is 7.96. The largest absolute Gasteiger partial charge is 0.396 e. The minimum absolute atomic E-state index is 0.564. The molecule has 1 saturated heterocycles. The van der Waals surface area contributed by atoms with E-state index in [1.165, 1.54) is 16.2 Å². The maximum absolute atomic E-state index is 5.36. The lowest BCUT2D eigenvalue weighted by Crippen LogP contribution is -2.36. The van der Waals surface area contributed by atoms with Crippen LogP contribution in [0.1, 0.15) is 45.1 Å². The molecule has 0 atom stereocenters. The van der Waals surface area contributed by atoms with Crippen LogP contribution in [0.2, 0.25) is 0 Å². The molecule has 6 nitrogen and oxygen atoms in total. The van der Waals surface area contributed by atoms with Crippen molar-refractivity contribution in [1.82, 2.24) is 14.9 Å². The van der Waals surface area contributed by atoms with Gasteiger partial charge in [0.25, 0.3) is 0 Å². The van der Waals surface area contributed by atoms with Gasteiger partial charge in [-0.3, -0.25) is 4.90 Å². The molecule has 0 spiro atoms. The molecule has 2 aromatic rings. The van der Waals surface area contributed by atoms with Gasteiger partial charge in [0, 0.05) is 29.8 Å². The van der Waals surface area contributed by atoms with E-state index >= 15 is 0 Å². The van der Waals surface area contributed by atoms with Crippen LogP contribution in [0.3, 0.4) is 0 Å². The molecule has 0 amide bonds. The third-order valence-electron chi connectivity index (χ3n) is 5.45. The highest BCUT2D eigenvalue weighted by molar-refractivity contribution is 7.99. The van der Waals surface area contributed by atoms with Crippen molar-refractivity contribution in [3.63, 3.8) is 0 Å². The number of oxime groups is 1. The van der Waals surface area contributed by atoms with Gasteiger partial charge in [-0.05, 0) is 57.0 Å². The van der Waals surface area contributed by atoms with Gasteiger partial charge in [0.1, 0.15) is 11.6 Å². The third kappa shape index (κ3) is 4.90. The zero-order valence-corrected chi connectivity index (χ0v) is 18.0. The Morgan fingerprint density at radius 2 is 2.07 bits per heavy atom. The SMILES string of the molecule is CCC/C(=N\OCC)C1CCN(Cc2ccc3c(c2)Nc2nccnc2S3)CC1. The molecule has 0 aliphatic carbocycles. The molecular formula is C22H29N5OS. The number of anilines is 2. The second-order valence-electron chi connectivity index (χ2n) is 7.57. The fourth-order valence-electron chi connectivity index (χ4n) is 3.99. The first-order chi connectivity index (χ1) is 14.3. The number of hydrogen-bond donors (Lipinski definition) is 1. The van der Waals surface area contributed by atoms with Gasteiger partial charge >= 0.3 is 0 Å². The standard InChI is InChI=1S/C22H29N5OS/c1-3-5-18(26-28-4-2)17-8-12-27(13-9-17)15-16-6-7-20-19(14-16)25-21-22(29-20)24-11-10-23-21/h6-7,10-11,14,17H,3-5,8-9,12-13,15H2,1-2H3,(H,23,25)/b26-18+. The fraction of sp³-hybridized carbons (Fsp3) is 0.500. The van der Waals surface area contributed by atoms with Crippen LogP contribution in [-0.4, -0.2) is 40.3 Å². The lowest BCUT2D eigenvalue weighted by molar-refractivity contribution is 0.151. The molecule has 4 rings (SSSR count). The molecule has 0 unspecified atom stereocenters. The van der Waals surface area contributed by atoms with Gasteiger partial charge in [0.15, 0.2) is 5.82 Å². The monoisotopic (exact) mass is 411 g/mol. The number of hydrogen-bond acceptors (Lipinski definition) is 7. The second kappa shape index (κ2) is 9.59. The van der Waals surface area contributed by atoms with Crippen LogP contribution in [0.25, 0.3) is 0 Å². The van der Waals surface area contributed by atoms with Gasteiger partial charge in [-0.1, -0.05) is 36.3 Å². The Kier molecular flexibility index (Phi) is 6.67. The zero-order chi connectivity index (χ0) is 20.1. The first-order valence-electron chi connectivity index (χ1n) is 10.6. The fourth-order valence-corrected chi connectivity index (χ4v) is 4.87. The molecule has 2 aliphatic rings. The Labute approximate surface area is 177 Å². The third-order valence-corrected chi connectivity index (χ3v) is 6.52. The molecule has 154 valence electrons. The first kappa shape index (κ1) is 20.2. The van der Waals surface area contributed by atoms with Crippen molar-refractivity contribution in [2.45, 2.75) is 56.0 Å². The summed E-state index contributed by atoms with van der Waals surface area (Å²) in [6.45, 7) is 8.04. The normalized spacial score (nSPS) is 17.4. The van der Waals surface area contributed by atoms with Crippen LogP contribution in [0.4, 0.5) is 11.5 Å². The number of benzene rings is 1. The summed E-state index contributed by atoms with van der Waals surface area (Å²) in [7, 11) is 0. The second-order valence-corrected chi connectivity index (χ2v) is 8.60. The van der Waals surface area contributed by atoms with Crippen LogP contribution in [-0.2, 0) is 11.4 Å². The van der Waals surface area contributed by atoms with E-state index < -0.39 is 0 Å². The van der Waals surface area contributed by atoms with Gasteiger partial charge in [-0.2, -0.15) is 0 Å².